The maximum Gasteiger partial charge on any atom is 0.345 e. The third-order valence-electron chi connectivity index (χ3n) is 4.16. The molecule has 6 heteroatoms. The molecule has 2 N–H and O–H groups in total. The number of aromatic amines is 1. The van der Waals surface area contributed by atoms with Gasteiger partial charge in [0.05, 0.1) is 23.2 Å². The average molecular weight is 314 g/mol. The topological polar surface area (TPSA) is 83.8 Å². The molecule has 0 aliphatic rings. The molecule has 23 heavy (non-hydrogen) atoms. The standard InChI is InChI=1S/C17H18N2O4/c1-5-23-17(22)13-14(20)10(4)16(21)19-12-7-9(3)8(2)6-11(12)18-15(13)19/h6-7,18,20H,5H2,1-4H3. The van der Waals surface area contributed by atoms with Gasteiger partial charge in [-0.1, -0.05) is 0 Å². The first-order chi connectivity index (χ1) is 10.9. The second kappa shape index (κ2) is 5.15. The molecular formula is C17H18N2O4. The number of fused-ring (bicyclic) bond motifs is 3. The van der Waals surface area contributed by atoms with Crippen LogP contribution in [0.1, 0.15) is 34.0 Å². The van der Waals surface area contributed by atoms with Crippen molar-refractivity contribution in [3.8, 4) is 5.75 Å². The number of imidazole rings is 1. The van der Waals surface area contributed by atoms with Crippen molar-refractivity contribution in [2.45, 2.75) is 27.7 Å². The lowest BCUT2D eigenvalue weighted by Gasteiger charge is -2.08. The Morgan fingerprint density at radius 1 is 1.26 bits per heavy atom. The van der Waals surface area contributed by atoms with Crippen LogP contribution in [0, 0.1) is 20.8 Å². The van der Waals surface area contributed by atoms with Crippen LogP contribution in [0.2, 0.25) is 0 Å². The van der Waals surface area contributed by atoms with Crippen LogP contribution in [-0.2, 0) is 4.74 Å². The first-order valence-corrected chi connectivity index (χ1v) is 7.41. The molecule has 0 aliphatic carbocycles. The summed E-state index contributed by atoms with van der Waals surface area (Å²) < 4.78 is 6.44. The largest absolute Gasteiger partial charge is 0.506 e. The summed E-state index contributed by atoms with van der Waals surface area (Å²) in [4.78, 5) is 27.9. The minimum absolute atomic E-state index is 0.0181. The molecule has 6 nitrogen and oxygen atoms in total. The molecule has 0 fully saturated rings. The summed E-state index contributed by atoms with van der Waals surface area (Å²) in [5.41, 5.74) is 3.48. The number of carbonyl (C=O) groups is 1. The van der Waals surface area contributed by atoms with E-state index in [0.717, 1.165) is 16.6 Å². The van der Waals surface area contributed by atoms with Crippen LogP contribution in [0.15, 0.2) is 16.9 Å². The highest BCUT2D eigenvalue weighted by Crippen LogP contribution is 2.28. The Bertz CT molecular complexity index is 1010. The molecule has 0 amide bonds. The number of pyridine rings is 1. The summed E-state index contributed by atoms with van der Waals surface area (Å²) in [5.74, 6) is -1.00. The van der Waals surface area contributed by atoms with Gasteiger partial charge in [-0.15, -0.1) is 0 Å². The zero-order valence-corrected chi connectivity index (χ0v) is 13.5. The van der Waals surface area contributed by atoms with Gasteiger partial charge in [0.15, 0.2) is 0 Å². The molecule has 3 rings (SSSR count). The van der Waals surface area contributed by atoms with Crippen LogP contribution >= 0.6 is 0 Å². The lowest BCUT2D eigenvalue weighted by molar-refractivity contribution is 0.0524. The van der Waals surface area contributed by atoms with E-state index < -0.39 is 5.97 Å². The molecule has 2 heterocycles. The Morgan fingerprint density at radius 2 is 1.91 bits per heavy atom. The Balaban J connectivity index is 2.54. The van der Waals surface area contributed by atoms with E-state index in [4.69, 9.17) is 4.74 Å². The van der Waals surface area contributed by atoms with Crippen LogP contribution in [0.3, 0.4) is 0 Å². The predicted molar refractivity (Wildman–Crippen MR) is 87.4 cm³/mol. The molecule has 0 unspecified atom stereocenters. The highest BCUT2D eigenvalue weighted by Gasteiger charge is 2.24. The second-order valence-corrected chi connectivity index (χ2v) is 5.64. The molecule has 0 saturated heterocycles. The third-order valence-corrected chi connectivity index (χ3v) is 4.16. The van der Waals surface area contributed by atoms with Crippen molar-refractivity contribution in [2.75, 3.05) is 6.61 Å². The van der Waals surface area contributed by atoms with E-state index in [1.165, 1.54) is 11.3 Å². The van der Waals surface area contributed by atoms with Crippen LogP contribution in [0.4, 0.5) is 0 Å². The number of rotatable bonds is 2. The van der Waals surface area contributed by atoms with Gasteiger partial charge >= 0.3 is 5.97 Å². The molecule has 0 atom stereocenters. The molecule has 0 saturated carbocycles. The number of aromatic nitrogens is 2. The number of aryl methyl sites for hydroxylation is 2. The van der Waals surface area contributed by atoms with Crippen LogP contribution < -0.4 is 5.56 Å². The number of carbonyl (C=O) groups excluding carboxylic acids is 1. The lowest BCUT2D eigenvalue weighted by atomic mass is 10.1. The van der Waals surface area contributed by atoms with E-state index >= 15 is 0 Å². The summed E-state index contributed by atoms with van der Waals surface area (Å²) in [7, 11) is 0. The maximum atomic E-state index is 12.6. The SMILES string of the molecule is CCOC(=O)c1c(O)c(C)c(=O)n2c1[nH]c1cc(C)c(C)cc12. The summed E-state index contributed by atoms with van der Waals surface area (Å²) in [6, 6.07) is 3.80. The van der Waals surface area contributed by atoms with E-state index in [-0.39, 0.29) is 34.7 Å². The Kier molecular flexibility index (Phi) is 3.39. The van der Waals surface area contributed by atoms with Gasteiger partial charge in [0.25, 0.3) is 5.56 Å². The zero-order chi connectivity index (χ0) is 16.9. The van der Waals surface area contributed by atoms with Gasteiger partial charge in [-0.2, -0.15) is 0 Å². The number of ether oxygens (including phenoxy) is 1. The number of nitrogens with zero attached hydrogens (tertiary/aromatic N) is 1. The number of esters is 1. The number of H-pyrrole nitrogens is 1. The van der Waals surface area contributed by atoms with Crippen molar-refractivity contribution in [2.24, 2.45) is 0 Å². The van der Waals surface area contributed by atoms with Gasteiger partial charge in [-0.25, -0.2) is 4.79 Å². The van der Waals surface area contributed by atoms with Crippen molar-refractivity contribution < 1.29 is 14.6 Å². The number of nitrogens with one attached hydrogen (secondary N) is 1. The fraction of sp³-hybridized carbons (Fsp3) is 0.294. The first-order valence-electron chi connectivity index (χ1n) is 7.41. The normalized spacial score (nSPS) is 11.3. The third kappa shape index (κ3) is 2.10. The van der Waals surface area contributed by atoms with Gasteiger partial charge in [0.1, 0.15) is 17.0 Å². The average Bonchev–Trinajstić information content (AvgIpc) is 2.84. The highest BCUT2D eigenvalue weighted by atomic mass is 16.5. The number of aromatic hydroxyl groups is 1. The second-order valence-electron chi connectivity index (χ2n) is 5.64. The smallest absolute Gasteiger partial charge is 0.345 e. The van der Waals surface area contributed by atoms with Gasteiger partial charge in [0.2, 0.25) is 0 Å². The van der Waals surface area contributed by atoms with Crippen molar-refractivity contribution in [1.29, 1.82) is 0 Å². The Hall–Kier alpha value is -2.76. The molecule has 0 radical (unpaired) electrons. The van der Waals surface area contributed by atoms with E-state index in [0.29, 0.717) is 5.52 Å². The fourth-order valence-corrected chi connectivity index (χ4v) is 2.74. The zero-order valence-electron chi connectivity index (χ0n) is 13.5. The van der Waals surface area contributed by atoms with Crippen LogP contribution in [0.25, 0.3) is 16.7 Å². The van der Waals surface area contributed by atoms with Gasteiger partial charge in [0, 0.05) is 0 Å². The van der Waals surface area contributed by atoms with E-state index in [1.807, 2.05) is 26.0 Å². The maximum absolute atomic E-state index is 12.6. The predicted octanol–water partition coefficient (Wildman–Crippen LogP) is 2.59. The Morgan fingerprint density at radius 3 is 2.57 bits per heavy atom. The molecule has 120 valence electrons. The van der Waals surface area contributed by atoms with Gasteiger partial charge < -0.3 is 14.8 Å². The van der Waals surface area contributed by atoms with Crippen molar-refractivity contribution in [1.82, 2.24) is 9.38 Å². The van der Waals surface area contributed by atoms with Crippen molar-refractivity contribution >= 4 is 22.6 Å². The quantitative estimate of drug-likeness (QED) is 0.712. The van der Waals surface area contributed by atoms with E-state index in [2.05, 4.69) is 4.98 Å². The molecule has 3 aromatic rings. The summed E-state index contributed by atoms with van der Waals surface area (Å²) >= 11 is 0. The van der Waals surface area contributed by atoms with E-state index in [9.17, 15) is 14.7 Å². The van der Waals surface area contributed by atoms with Crippen LogP contribution in [0.5, 0.6) is 5.75 Å². The minimum atomic E-state index is -0.661. The molecule has 0 spiro atoms. The number of benzene rings is 1. The first kappa shape index (κ1) is 15.1. The van der Waals surface area contributed by atoms with Crippen LogP contribution in [-0.4, -0.2) is 27.1 Å². The Labute approximate surface area is 132 Å². The lowest BCUT2D eigenvalue weighted by Crippen LogP contribution is -2.19. The molecule has 2 aromatic heterocycles. The number of hydrogen-bond donors (Lipinski definition) is 2. The highest BCUT2D eigenvalue weighted by molar-refractivity contribution is 6.01. The molecule has 0 aliphatic heterocycles. The van der Waals surface area contributed by atoms with Crippen molar-refractivity contribution in [3.05, 3.63) is 44.7 Å². The monoisotopic (exact) mass is 314 g/mol. The summed E-state index contributed by atoms with van der Waals surface area (Å²) in [5, 5.41) is 10.3. The van der Waals surface area contributed by atoms with Crippen molar-refractivity contribution in [3.63, 3.8) is 0 Å². The fourth-order valence-electron chi connectivity index (χ4n) is 2.74. The minimum Gasteiger partial charge on any atom is -0.506 e. The molecule has 1 aromatic carbocycles. The summed E-state index contributed by atoms with van der Waals surface area (Å²) in [6.45, 7) is 7.29. The van der Waals surface area contributed by atoms with E-state index in [1.54, 1.807) is 6.92 Å². The molecular weight excluding hydrogens is 296 g/mol. The van der Waals surface area contributed by atoms with Gasteiger partial charge in [-0.05, 0) is 51.0 Å². The van der Waals surface area contributed by atoms with Gasteiger partial charge in [-0.3, -0.25) is 9.20 Å². The molecule has 0 bridgehead atoms. The summed E-state index contributed by atoms with van der Waals surface area (Å²) in [6.07, 6.45) is 0. The number of hydrogen-bond acceptors (Lipinski definition) is 4.